The van der Waals surface area contributed by atoms with E-state index in [9.17, 15) is 0 Å². The van der Waals surface area contributed by atoms with Crippen LogP contribution in [0.3, 0.4) is 0 Å². The van der Waals surface area contributed by atoms with Crippen LogP contribution in [0.15, 0.2) is 82.8 Å². The van der Waals surface area contributed by atoms with E-state index in [-0.39, 0.29) is 20.4 Å². The number of aliphatic imine (C=N–C) groups is 2. The second-order valence-electron chi connectivity index (χ2n) is 23.6. The molecule has 77 heavy (non-hydrogen) atoms. The van der Waals surface area contributed by atoms with E-state index < -0.39 is 0 Å². The first-order chi connectivity index (χ1) is 37.7. The molecular formula is C74H128N2Pd+2. The minimum atomic E-state index is 0. The van der Waals surface area contributed by atoms with Crippen molar-refractivity contribution in [3.63, 3.8) is 0 Å². The smallest absolute Gasteiger partial charge is 0.251 e. The zero-order valence-corrected chi connectivity index (χ0v) is 53.5. The second kappa shape index (κ2) is 58.6. The fraction of sp³-hybridized carbons (Fsp3) is 0.757. The molecule has 2 nitrogen and oxygen atoms in total. The van der Waals surface area contributed by atoms with Crippen LogP contribution in [0, 0.1) is 0 Å². The monoisotopic (exact) mass is 1150 g/mol. The molecule has 0 unspecified atom stereocenters. The minimum Gasteiger partial charge on any atom is -0.251 e. The van der Waals surface area contributed by atoms with Gasteiger partial charge in [-0.15, -0.1) is 0 Å². The summed E-state index contributed by atoms with van der Waals surface area (Å²) >= 11 is 0. The van der Waals surface area contributed by atoms with E-state index in [1.807, 2.05) is 0 Å². The van der Waals surface area contributed by atoms with Crippen molar-refractivity contribution in [3.8, 4) is 0 Å². The molecule has 0 fully saturated rings. The summed E-state index contributed by atoms with van der Waals surface area (Å²) in [6, 6.07) is 18.0. The van der Waals surface area contributed by atoms with Crippen LogP contribution >= 0.6 is 0 Å². The number of hydrogen-bond acceptors (Lipinski definition) is 2. The van der Waals surface area contributed by atoms with Crippen molar-refractivity contribution >= 4 is 22.8 Å². The third-order valence-corrected chi connectivity index (χ3v) is 16.3. The van der Waals surface area contributed by atoms with Gasteiger partial charge < -0.3 is 0 Å². The van der Waals surface area contributed by atoms with Crippen LogP contribution in [0.5, 0.6) is 0 Å². The third-order valence-electron chi connectivity index (χ3n) is 16.3. The molecule has 0 N–H and O–H groups in total. The quantitative estimate of drug-likeness (QED) is 0.0273. The Labute approximate surface area is 495 Å². The van der Waals surface area contributed by atoms with Gasteiger partial charge >= 0.3 is 20.4 Å². The van der Waals surface area contributed by atoms with E-state index >= 15 is 0 Å². The van der Waals surface area contributed by atoms with Crippen LogP contribution in [-0.2, 0) is 33.3 Å². The Morgan fingerprint density at radius 1 is 0.273 bits per heavy atom. The van der Waals surface area contributed by atoms with Crippen molar-refractivity contribution in [2.45, 2.75) is 362 Å². The molecule has 2 aromatic carbocycles. The van der Waals surface area contributed by atoms with E-state index in [4.69, 9.17) is 9.98 Å². The Hall–Kier alpha value is -2.08. The minimum absolute atomic E-state index is 0. The number of hydrogen-bond donors (Lipinski definition) is 0. The molecule has 0 atom stereocenters. The largest absolute Gasteiger partial charge is 2.00 e. The van der Waals surface area contributed by atoms with Gasteiger partial charge in [0.05, 0.1) is 22.8 Å². The van der Waals surface area contributed by atoms with Gasteiger partial charge in [0.2, 0.25) is 0 Å². The van der Waals surface area contributed by atoms with Gasteiger partial charge in [-0.25, -0.2) is 0 Å². The van der Waals surface area contributed by atoms with Crippen molar-refractivity contribution in [3.05, 3.63) is 84.0 Å². The molecule has 2 rings (SSSR count). The number of para-hydroxylation sites is 2. The molecule has 2 aromatic rings. The zero-order chi connectivity index (χ0) is 54.1. The molecule has 0 aliphatic heterocycles. The van der Waals surface area contributed by atoms with Crippen LogP contribution in [0.1, 0.15) is 360 Å². The van der Waals surface area contributed by atoms with Crippen molar-refractivity contribution in [2.24, 2.45) is 9.98 Å². The second-order valence-corrected chi connectivity index (χ2v) is 23.6. The topological polar surface area (TPSA) is 24.7 Å². The van der Waals surface area contributed by atoms with Crippen LogP contribution in [0.2, 0.25) is 0 Å². The Bertz CT molecular complexity index is 1650. The van der Waals surface area contributed by atoms with E-state index in [1.54, 1.807) is 0 Å². The van der Waals surface area contributed by atoms with Crippen molar-refractivity contribution in [2.75, 3.05) is 0 Å². The van der Waals surface area contributed by atoms with E-state index in [0.29, 0.717) is 0 Å². The Morgan fingerprint density at radius 3 is 0.805 bits per heavy atom. The summed E-state index contributed by atoms with van der Waals surface area (Å²) in [5.74, 6) is 0. The summed E-state index contributed by atoms with van der Waals surface area (Å²) in [7, 11) is 0. The summed E-state index contributed by atoms with van der Waals surface area (Å²) in [4.78, 5) is 11.1. The summed E-state index contributed by atoms with van der Waals surface area (Å²) in [6.07, 6.45) is 80.2. The molecule has 0 saturated heterocycles. The zero-order valence-electron chi connectivity index (χ0n) is 51.9. The molecule has 0 aromatic heterocycles. The van der Waals surface area contributed by atoms with Crippen LogP contribution in [0.25, 0.3) is 0 Å². The standard InChI is InChI=1S/C74H128N2.Pd/c1-5-9-13-16-18-20-22-24-26-28-30-32-34-36-38-40-42-44-46-48-50-52-54-61-69-63-57-59-66-71(69)75-73(65-12-8-4)74(68-56-15-11-7-3)76-72-67-60-58-64-70(72)62-55-53-51-49-47-45-43-41-39-37-35-33-31-29-27-25-23-21-19-17-14-10-6-2;/h48-51,57-60,63-64,66-67H,5-47,52-56,61-62,65,68H2,1-4H3;/q;+2/b50-48+,51-49+,75-73?,76-74?;. The number of nitrogens with zero attached hydrogens (tertiary/aromatic N) is 2. The van der Waals surface area contributed by atoms with Gasteiger partial charge in [-0.05, 0) is 113 Å². The summed E-state index contributed by atoms with van der Waals surface area (Å²) in [6.45, 7) is 9.24. The predicted octanol–water partition coefficient (Wildman–Crippen LogP) is 26.3. The van der Waals surface area contributed by atoms with Gasteiger partial charge in [0.1, 0.15) is 0 Å². The van der Waals surface area contributed by atoms with Gasteiger partial charge in [0, 0.05) is 0 Å². The van der Waals surface area contributed by atoms with Crippen molar-refractivity contribution < 1.29 is 20.4 Å². The number of benzene rings is 2. The van der Waals surface area contributed by atoms with Gasteiger partial charge in [-0.3, -0.25) is 9.98 Å². The maximum absolute atomic E-state index is 5.57. The van der Waals surface area contributed by atoms with Gasteiger partial charge in [-0.2, -0.15) is 0 Å². The average Bonchev–Trinajstić information content (AvgIpc) is 3.44. The molecule has 442 valence electrons. The summed E-state index contributed by atoms with van der Waals surface area (Å²) in [5, 5.41) is 0. The predicted molar refractivity (Wildman–Crippen MR) is 346 cm³/mol. The van der Waals surface area contributed by atoms with Gasteiger partial charge in [0.15, 0.2) is 0 Å². The molecular weight excluding hydrogens is 1020 g/mol. The van der Waals surface area contributed by atoms with Gasteiger partial charge in [0.25, 0.3) is 0 Å². The maximum atomic E-state index is 5.57. The van der Waals surface area contributed by atoms with Crippen LogP contribution in [-0.4, -0.2) is 11.4 Å². The molecule has 0 radical (unpaired) electrons. The van der Waals surface area contributed by atoms with E-state index in [1.165, 1.54) is 311 Å². The molecule has 3 heteroatoms. The van der Waals surface area contributed by atoms with Crippen molar-refractivity contribution in [1.29, 1.82) is 0 Å². The molecule has 0 aliphatic rings. The van der Waals surface area contributed by atoms with Crippen LogP contribution < -0.4 is 0 Å². The molecule has 0 spiro atoms. The first-order valence-corrected chi connectivity index (χ1v) is 34.3. The van der Waals surface area contributed by atoms with Crippen molar-refractivity contribution in [1.82, 2.24) is 0 Å². The summed E-state index contributed by atoms with van der Waals surface area (Å²) in [5.41, 5.74) is 7.51. The number of unbranched alkanes of at least 4 members (excludes halogenated alkanes) is 42. The molecule has 0 amide bonds. The molecule has 0 bridgehead atoms. The van der Waals surface area contributed by atoms with E-state index in [2.05, 4.69) is 101 Å². The number of allylic oxidation sites excluding steroid dienone is 4. The average molecular weight is 1150 g/mol. The Morgan fingerprint density at radius 2 is 0.506 bits per heavy atom. The first-order valence-electron chi connectivity index (χ1n) is 34.3. The number of rotatable bonds is 57. The first kappa shape index (κ1) is 72.9. The van der Waals surface area contributed by atoms with Crippen LogP contribution in [0.4, 0.5) is 11.4 Å². The molecule has 0 heterocycles. The Kier molecular flexibility index (Phi) is 55.5. The fourth-order valence-electron chi connectivity index (χ4n) is 11.2. The third kappa shape index (κ3) is 45.3. The molecule has 0 aliphatic carbocycles. The van der Waals surface area contributed by atoms with E-state index in [0.717, 1.165) is 56.3 Å². The normalized spacial score (nSPS) is 12.2. The SMILES string of the molecule is CCCCCCCCCCCCCCCCCCCC/C=C/CCCc1ccccc1N=C(CCCC)C(CCCCCC)=Nc1ccccc1CCC/C=C/CCCCCCCCCCCCCCCCCCCC.[Pd+2]. The maximum Gasteiger partial charge on any atom is 2.00 e. The molecule has 0 saturated carbocycles. The fourth-order valence-corrected chi connectivity index (χ4v) is 11.2. The Balaban J connectivity index is 0.0000296. The summed E-state index contributed by atoms with van der Waals surface area (Å²) < 4.78 is 0. The number of aryl methyl sites for hydroxylation is 2. The van der Waals surface area contributed by atoms with Gasteiger partial charge in [-0.1, -0.05) is 332 Å².